The van der Waals surface area contributed by atoms with E-state index in [1.807, 2.05) is 0 Å². The second-order valence-corrected chi connectivity index (χ2v) is 9.70. The zero-order valence-electron chi connectivity index (χ0n) is 20.4. The molecule has 1 aliphatic rings. The van der Waals surface area contributed by atoms with Crippen molar-refractivity contribution >= 4 is 28.9 Å². The molecule has 2 amide bonds. The summed E-state index contributed by atoms with van der Waals surface area (Å²) >= 11 is 0.955. The molecule has 2 aromatic carbocycles. The van der Waals surface area contributed by atoms with Crippen LogP contribution in [0.15, 0.2) is 73.1 Å². The Labute approximate surface area is 225 Å². The maximum absolute atomic E-state index is 12.5. The number of rotatable bonds is 11. The van der Waals surface area contributed by atoms with Crippen LogP contribution in [0.2, 0.25) is 0 Å². The van der Waals surface area contributed by atoms with Gasteiger partial charge in [0.05, 0.1) is 24.0 Å². The van der Waals surface area contributed by atoms with Gasteiger partial charge >= 0.3 is 12.3 Å². The molecule has 0 saturated carbocycles. The topological polar surface area (TPSA) is 104 Å². The van der Waals surface area contributed by atoms with Crippen molar-refractivity contribution in [3.8, 4) is 11.5 Å². The second-order valence-electron chi connectivity index (χ2n) is 8.52. The highest BCUT2D eigenvalue weighted by Gasteiger charge is 2.32. The maximum Gasteiger partial charge on any atom is 0.573 e. The van der Waals surface area contributed by atoms with Crippen LogP contribution in [-0.4, -0.2) is 46.9 Å². The Hall–Kier alpha value is -4.06. The van der Waals surface area contributed by atoms with Crippen molar-refractivity contribution in [3.63, 3.8) is 0 Å². The van der Waals surface area contributed by atoms with E-state index >= 15 is 0 Å². The summed E-state index contributed by atoms with van der Waals surface area (Å²) in [6.45, 7) is 0.194. The average molecular weight is 561 g/mol. The molecule has 2 heterocycles. The fourth-order valence-corrected chi connectivity index (χ4v) is 4.67. The van der Waals surface area contributed by atoms with E-state index in [0.29, 0.717) is 29.7 Å². The number of imide groups is 1. The average Bonchev–Trinajstić information content (AvgIpc) is 3.23. The number of esters is 1. The number of aromatic nitrogens is 1. The van der Waals surface area contributed by atoms with E-state index in [4.69, 9.17) is 9.47 Å². The molecule has 0 bridgehead atoms. The number of hydrogen-bond donors (Lipinski definition) is 1. The molecule has 1 fully saturated rings. The minimum absolute atomic E-state index is 0.0430. The summed E-state index contributed by atoms with van der Waals surface area (Å²) in [6.07, 6.45) is -1.15. The summed E-state index contributed by atoms with van der Waals surface area (Å²) in [5.41, 5.74) is 1.83. The van der Waals surface area contributed by atoms with Gasteiger partial charge in [-0.3, -0.25) is 19.9 Å². The van der Waals surface area contributed by atoms with Crippen LogP contribution in [0.4, 0.5) is 18.0 Å². The van der Waals surface area contributed by atoms with Crippen molar-refractivity contribution in [1.29, 1.82) is 0 Å². The predicted molar refractivity (Wildman–Crippen MR) is 136 cm³/mol. The molecule has 2 unspecified atom stereocenters. The lowest BCUT2D eigenvalue weighted by molar-refractivity contribution is -0.274. The summed E-state index contributed by atoms with van der Waals surface area (Å²) in [5, 5.41) is 1.42. The lowest BCUT2D eigenvalue weighted by Gasteiger charge is -2.19. The van der Waals surface area contributed by atoms with E-state index in [9.17, 15) is 27.6 Å². The van der Waals surface area contributed by atoms with E-state index < -0.39 is 17.6 Å². The third-order valence-corrected chi connectivity index (χ3v) is 6.73. The fraction of sp³-hybridized carbons (Fsp3) is 0.259. The van der Waals surface area contributed by atoms with Crippen LogP contribution >= 0.6 is 11.8 Å². The maximum atomic E-state index is 12.5. The molecule has 1 aliphatic heterocycles. The molecule has 0 radical (unpaired) electrons. The molecule has 1 saturated heterocycles. The molecule has 2 atom stereocenters. The summed E-state index contributed by atoms with van der Waals surface area (Å²) in [4.78, 5) is 39.3. The first-order chi connectivity index (χ1) is 18.7. The van der Waals surface area contributed by atoms with Crippen LogP contribution in [0.5, 0.6) is 11.5 Å². The molecular weight excluding hydrogens is 537 g/mol. The van der Waals surface area contributed by atoms with E-state index in [1.165, 1.54) is 36.7 Å². The minimum Gasteiger partial charge on any atom is -0.493 e. The van der Waals surface area contributed by atoms with Crippen LogP contribution < -0.4 is 14.8 Å². The zero-order chi connectivity index (χ0) is 27.8. The number of benzene rings is 2. The van der Waals surface area contributed by atoms with Crippen molar-refractivity contribution < 1.29 is 41.8 Å². The van der Waals surface area contributed by atoms with Gasteiger partial charge in [0.25, 0.3) is 5.24 Å². The van der Waals surface area contributed by atoms with Crippen molar-refractivity contribution in [3.05, 3.63) is 89.7 Å². The molecular formula is C27H23F3N2O6S. The highest BCUT2D eigenvalue weighted by atomic mass is 32.2. The Kier molecular flexibility index (Phi) is 9.07. The molecule has 0 aliphatic carbocycles. The number of thioether (sulfide) groups is 1. The Morgan fingerprint density at radius 3 is 2.36 bits per heavy atom. The van der Waals surface area contributed by atoms with Gasteiger partial charge in [-0.25, -0.2) is 4.79 Å². The van der Waals surface area contributed by atoms with E-state index in [0.717, 1.165) is 17.3 Å². The number of amides is 2. The quantitative estimate of drug-likeness (QED) is 0.316. The highest BCUT2D eigenvalue weighted by molar-refractivity contribution is 8.15. The van der Waals surface area contributed by atoms with Crippen LogP contribution in [0.25, 0.3) is 0 Å². The normalized spacial score (nSPS) is 15.9. The third kappa shape index (κ3) is 8.47. The van der Waals surface area contributed by atoms with Crippen LogP contribution in [-0.2, 0) is 16.0 Å². The Balaban J connectivity index is 1.38. The smallest absolute Gasteiger partial charge is 0.493 e. The van der Waals surface area contributed by atoms with E-state index in [1.54, 1.807) is 36.4 Å². The van der Waals surface area contributed by atoms with Gasteiger partial charge < -0.3 is 14.2 Å². The number of pyridine rings is 1. The molecule has 3 aromatic rings. The summed E-state index contributed by atoms with van der Waals surface area (Å²) in [5.74, 6) is -0.990. The SMILES string of the molecule is O=C1NC(=O)C(Cc2ccc(OCC(CCOC(=O)c3cccnc3)c3ccc(OC(F)(F)F)cc3)cc2)S1. The fourth-order valence-electron chi connectivity index (χ4n) is 3.81. The van der Waals surface area contributed by atoms with E-state index in [-0.39, 0.29) is 36.0 Å². The number of hydrogen-bond acceptors (Lipinski definition) is 8. The number of ether oxygens (including phenoxy) is 3. The number of alkyl halides is 3. The van der Waals surface area contributed by atoms with Crippen molar-refractivity contribution in [2.45, 2.75) is 30.4 Å². The monoisotopic (exact) mass is 560 g/mol. The van der Waals surface area contributed by atoms with Crippen LogP contribution in [0.1, 0.15) is 33.8 Å². The number of carbonyl (C=O) groups is 3. The lowest BCUT2D eigenvalue weighted by atomic mass is 9.97. The van der Waals surface area contributed by atoms with Crippen molar-refractivity contribution in [2.75, 3.05) is 13.2 Å². The van der Waals surface area contributed by atoms with Gasteiger partial charge in [0.2, 0.25) is 5.91 Å². The van der Waals surface area contributed by atoms with Gasteiger partial charge in [-0.15, -0.1) is 13.2 Å². The second kappa shape index (κ2) is 12.7. The summed E-state index contributed by atoms with van der Waals surface area (Å²) in [7, 11) is 0. The molecule has 39 heavy (non-hydrogen) atoms. The number of carbonyl (C=O) groups excluding carboxylic acids is 3. The van der Waals surface area contributed by atoms with Gasteiger partial charge in [0.15, 0.2) is 0 Å². The zero-order valence-corrected chi connectivity index (χ0v) is 21.2. The minimum atomic E-state index is -4.80. The van der Waals surface area contributed by atoms with E-state index in [2.05, 4.69) is 15.0 Å². The van der Waals surface area contributed by atoms with Crippen molar-refractivity contribution in [1.82, 2.24) is 10.3 Å². The Bertz CT molecular complexity index is 1290. The van der Waals surface area contributed by atoms with Crippen molar-refractivity contribution in [2.24, 2.45) is 0 Å². The standard InChI is InChI=1S/C27H23F3N2O6S/c28-27(29,30)38-22-9-5-18(6-10-22)20(11-13-36-25(34)19-2-1-12-31-15-19)16-37-21-7-3-17(4-8-21)14-23-24(33)32-26(35)39-23/h1-10,12,15,20,23H,11,13-14,16H2,(H,32,33,35). The molecule has 12 heteroatoms. The first-order valence-electron chi connectivity index (χ1n) is 11.8. The number of nitrogens with zero attached hydrogens (tertiary/aromatic N) is 1. The Morgan fingerprint density at radius 2 is 1.74 bits per heavy atom. The molecule has 0 spiro atoms. The highest BCUT2D eigenvalue weighted by Crippen LogP contribution is 2.28. The third-order valence-electron chi connectivity index (χ3n) is 5.74. The molecule has 8 nitrogen and oxygen atoms in total. The molecule has 1 aromatic heterocycles. The lowest BCUT2D eigenvalue weighted by Crippen LogP contribution is -2.25. The summed E-state index contributed by atoms with van der Waals surface area (Å²) in [6, 6.07) is 15.7. The molecule has 204 valence electrons. The van der Waals surface area contributed by atoms with Gasteiger partial charge in [0, 0.05) is 18.3 Å². The van der Waals surface area contributed by atoms with Gasteiger partial charge in [-0.1, -0.05) is 36.0 Å². The van der Waals surface area contributed by atoms with Gasteiger partial charge in [-0.05, 0) is 60.4 Å². The Morgan fingerprint density at radius 1 is 1.03 bits per heavy atom. The van der Waals surface area contributed by atoms with Gasteiger partial charge in [0.1, 0.15) is 11.5 Å². The number of halogens is 3. The largest absolute Gasteiger partial charge is 0.573 e. The molecule has 1 N–H and O–H groups in total. The molecule has 4 rings (SSSR count). The van der Waals surface area contributed by atoms with Crippen LogP contribution in [0.3, 0.4) is 0 Å². The first-order valence-corrected chi connectivity index (χ1v) is 12.7. The van der Waals surface area contributed by atoms with Gasteiger partial charge in [-0.2, -0.15) is 0 Å². The summed E-state index contributed by atoms with van der Waals surface area (Å²) < 4.78 is 52.9. The van der Waals surface area contributed by atoms with Crippen LogP contribution in [0, 0.1) is 0 Å². The first kappa shape index (κ1) is 28.0. The predicted octanol–water partition coefficient (Wildman–Crippen LogP) is 5.28. The number of nitrogens with one attached hydrogen (secondary N) is 1.